The lowest BCUT2D eigenvalue weighted by Crippen LogP contribution is -2.59. The van der Waals surface area contributed by atoms with Crippen LogP contribution >= 0.6 is 0 Å². The summed E-state index contributed by atoms with van der Waals surface area (Å²) in [5.41, 5.74) is 0. The normalized spacial score (nSPS) is 17.8. The van der Waals surface area contributed by atoms with Crippen LogP contribution in [-0.2, 0) is 19.1 Å². The van der Waals surface area contributed by atoms with Crippen LogP contribution in [0.5, 0.6) is 0 Å². The average Bonchev–Trinajstić information content (AvgIpc) is 2.55. The third-order valence-electron chi connectivity index (χ3n) is 3.92. The Balaban J connectivity index is 2.70. The van der Waals surface area contributed by atoms with Crippen molar-refractivity contribution in [2.45, 2.75) is 52.5 Å². The van der Waals surface area contributed by atoms with Crippen molar-refractivity contribution in [3.63, 3.8) is 0 Å². The molecule has 7 heteroatoms. The van der Waals surface area contributed by atoms with Crippen LogP contribution in [0.15, 0.2) is 0 Å². The van der Waals surface area contributed by atoms with Gasteiger partial charge in [0, 0.05) is 13.1 Å². The quantitative estimate of drug-likeness (QED) is 0.594. The number of hydrogen-bond acceptors (Lipinski definition) is 5. The summed E-state index contributed by atoms with van der Waals surface area (Å²) >= 11 is 0. The van der Waals surface area contributed by atoms with Crippen molar-refractivity contribution in [1.82, 2.24) is 15.1 Å². The van der Waals surface area contributed by atoms with E-state index in [1.807, 2.05) is 6.92 Å². The van der Waals surface area contributed by atoms with E-state index < -0.39 is 12.0 Å². The Hall–Kier alpha value is -1.63. The summed E-state index contributed by atoms with van der Waals surface area (Å²) in [5, 5.41) is 2.73. The van der Waals surface area contributed by atoms with Crippen LogP contribution in [0.2, 0.25) is 0 Å². The highest BCUT2D eigenvalue weighted by molar-refractivity contribution is 5.92. The molecule has 0 saturated carbocycles. The first kappa shape index (κ1) is 20.4. The summed E-state index contributed by atoms with van der Waals surface area (Å²) in [6.07, 6.45) is 2.59. The molecule has 0 aromatic carbocycles. The molecule has 0 aliphatic carbocycles. The molecule has 1 aliphatic rings. The minimum absolute atomic E-state index is 0.0842. The highest BCUT2D eigenvalue weighted by Gasteiger charge is 2.35. The molecule has 0 aromatic rings. The number of rotatable bonds is 10. The molecule has 7 nitrogen and oxygen atoms in total. The maximum absolute atomic E-state index is 12.7. The largest absolute Gasteiger partial charge is 0.466 e. The highest BCUT2D eigenvalue weighted by Crippen LogP contribution is 2.11. The number of amides is 2. The Morgan fingerprint density at radius 3 is 2.46 bits per heavy atom. The van der Waals surface area contributed by atoms with Crippen molar-refractivity contribution in [1.29, 1.82) is 0 Å². The first-order valence-corrected chi connectivity index (χ1v) is 8.98. The molecule has 1 fully saturated rings. The van der Waals surface area contributed by atoms with E-state index in [4.69, 9.17) is 4.74 Å². The summed E-state index contributed by atoms with van der Waals surface area (Å²) in [6.45, 7) is 9.24. The lowest BCUT2D eigenvalue weighted by molar-refractivity contribution is -0.152. The second-order valence-electron chi connectivity index (χ2n) is 6.09. The van der Waals surface area contributed by atoms with Gasteiger partial charge in [0.25, 0.3) is 0 Å². The molecule has 0 radical (unpaired) electrons. The van der Waals surface area contributed by atoms with Crippen molar-refractivity contribution in [2.24, 2.45) is 0 Å². The number of nitrogens with zero attached hydrogens (tertiary/aromatic N) is 2. The zero-order valence-corrected chi connectivity index (χ0v) is 15.2. The van der Waals surface area contributed by atoms with E-state index in [1.54, 1.807) is 0 Å². The number of carbonyl (C=O) groups is 3. The second-order valence-corrected chi connectivity index (χ2v) is 6.09. The summed E-state index contributed by atoms with van der Waals surface area (Å²) < 4.78 is 5.06. The zero-order chi connectivity index (χ0) is 17.9. The predicted molar refractivity (Wildman–Crippen MR) is 91.4 cm³/mol. The van der Waals surface area contributed by atoms with Crippen LogP contribution in [0, 0.1) is 0 Å². The van der Waals surface area contributed by atoms with Gasteiger partial charge in [0.2, 0.25) is 11.8 Å². The first-order chi connectivity index (χ1) is 11.5. The van der Waals surface area contributed by atoms with E-state index in [-0.39, 0.29) is 24.8 Å². The van der Waals surface area contributed by atoms with Crippen molar-refractivity contribution >= 4 is 17.8 Å². The van der Waals surface area contributed by atoms with Crippen LogP contribution in [0.3, 0.4) is 0 Å². The van der Waals surface area contributed by atoms with Crippen molar-refractivity contribution in [2.75, 3.05) is 39.3 Å². The lowest BCUT2D eigenvalue weighted by atomic mass is 10.1. The topological polar surface area (TPSA) is 79.0 Å². The molecule has 1 heterocycles. The first-order valence-electron chi connectivity index (χ1n) is 8.98. The highest BCUT2D eigenvalue weighted by atomic mass is 16.5. The molecule has 0 spiro atoms. The maximum atomic E-state index is 12.7. The van der Waals surface area contributed by atoms with Gasteiger partial charge in [-0.1, -0.05) is 20.8 Å². The number of ether oxygens (including phenoxy) is 1. The van der Waals surface area contributed by atoms with E-state index in [2.05, 4.69) is 24.1 Å². The zero-order valence-electron chi connectivity index (χ0n) is 15.2. The fraction of sp³-hybridized carbons (Fsp3) is 0.824. The molecule has 1 saturated heterocycles. The Morgan fingerprint density at radius 1 is 1.21 bits per heavy atom. The van der Waals surface area contributed by atoms with Crippen LogP contribution in [0.1, 0.15) is 46.5 Å². The second kappa shape index (κ2) is 11.0. The molecule has 1 N–H and O–H groups in total. The molecule has 1 unspecified atom stereocenters. The van der Waals surface area contributed by atoms with E-state index in [9.17, 15) is 14.4 Å². The van der Waals surface area contributed by atoms with Crippen molar-refractivity contribution < 1.29 is 19.1 Å². The summed E-state index contributed by atoms with van der Waals surface area (Å²) in [5.74, 6) is -0.809. The fourth-order valence-corrected chi connectivity index (χ4v) is 2.83. The molecule has 1 atom stereocenters. The van der Waals surface area contributed by atoms with Gasteiger partial charge in [0.05, 0.1) is 19.6 Å². The summed E-state index contributed by atoms with van der Waals surface area (Å²) in [7, 11) is 0. The van der Waals surface area contributed by atoms with Gasteiger partial charge in [-0.3, -0.25) is 19.3 Å². The number of carbonyl (C=O) groups excluding carboxylic acids is 3. The van der Waals surface area contributed by atoms with Crippen molar-refractivity contribution in [3.05, 3.63) is 0 Å². The van der Waals surface area contributed by atoms with E-state index in [1.165, 1.54) is 4.90 Å². The Kier molecular flexibility index (Phi) is 9.37. The van der Waals surface area contributed by atoms with Gasteiger partial charge < -0.3 is 15.0 Å². The van der Waals surface area contributed by atoms with Gasteiger partial charge >= 0.3 is 5.97 Å². The fourth-order valence-electron chi connectivity index (χ4n) is 2.83. The van der Waals surface area contributed by atoms with Gasteiger partial charge in [-0.05, 0) is 32.4 Å². The number of esters is 1. The van der Waals surface area contributed by atoms with Crippen LogP contribution in [-0.4, -0.2) is 73.0 Å². The Bertz CT molecular complexity index is 422. The third kappa shape index (κ3) is 6.47. The van der Waals surface area contributed by atoms with E-state index >= 15 is 0 Å². The van der Waals surface area contributed by atoms with Gasteiger partial charge in [0.1, 0.15) is 6.04 Å². The Labute approximate surface area is 144 Å². The van der Waals surface area contributed by atoms with E-state index in [0.29, 0.717) is 19.7 Å². The molecule has 1 rings (SSSR count). The van der Waals surface area contributed by atoms with Gasteiger partial charge in [-0.15, -0.1) is 0 Å². The minimum Gasteiger partial charge on any atom is -0.466 e. The molecule has 1 aliphatic heterocycles. The average molecular weight is 341 g/mol. The summed E-state index contributed by atoms with van der Waals surface area (Å²) in [6, 6.07) is -0.763. The van der Waals surface area contributed by atoms with Gasteiger partial charge in [-0.25, -0.2) is 0 Å². The number of nitrogens with one attached hydrogen (secondary N) is 1. The smallest absolute Gasteiger partial charge is 0.308 e. The van der Waals surface area contributed by atoms with Crippen molar-refractivity contribution in [3.8, 4) is 0 Å². The molecule has 24 heavy (non-hydrogen) atoms. The molecular formula is C17H31N3O4. The monoisotopic (exact) mass is 341 g/mol. The van der Waals surface area contributed by atoms with E-state index in [0.717, 1.165) is 32.4 Å². The third-order valence-corrected chi connectivity index (χ3v) is 3.92. The van der Waals surface area contributed by atoms with Crippen LogP contribution < -0.4 is 5.32 Å². The number of piperazine rings is 1. The SMILES string of the molecule is CCCOC(=O)CC1C(=O)NCCN1C(=O)CN(CCC)CCC. The predicted octanol–water partition coefficient (Wildman–Crippen LogP) is 0.779. The maximum Gasteiger partial charge on any atom is 0.308 e. The molecular weight excluding hydrogens is 310 g/mol. The lowest BCUT2D eigenvalue weighted by Gasteiger charge is -2.36. The summed E-state index contributed by atoms with van der Waals surface area (Å²) in [4.78, 5) is 40.3. The number of hydrogen-bond donors (Lipinski definition) is 1. The molecule has 138 valence electrons. The van der Waals surface area contributed by atoms with Gasteiger partial charge in [-0.2, -0.15) is 0 Å². The Morgan fingerprint density at radius 2 is 1.88 bits per heavy atom. The van der Waals surface area contributed by atoms with Gasteiger partial charge in [0.15, 0.2) is 0 Å². The molecule has 0 aromatic heterocycles. The minimum atomic E-state index is -0.763. The molecule has 2 amide bonds. The standard InChI is InChI=1S/C17H31N3O4/c1-4-8-19(9-5-2)13-15(21)20-10-7-18-17(23)14(20)12-16(22)24-11-6-3/h14H,4-13H2,1-3H3,(H,18,23). The van der Waals surface area contributed by atoms with Crippen LogP contribution in [0.4, 0.5) is 0 Å². The van der Waals surface area contributed by atoms with Crippen LogP contribution in [0.25, 0.3) is 0 Å². The molecule has 0 bridgehead atoms.